The van der Waals surface area contributed by atoms with Gasteiger partial charge < -0.3 is 33.6 Å². The van der Waals surface area contributed by atoms with E-state index in [2.05, 4.69) is 49.4 Å². The first-order valence-electron chi connectivity index (χ1n) is 31.8. The standard InChI is InChI=1S/C61H111N3O8S8/c1-6-50-46-54(50)18-10-14-38-73-77-42-34-69-58(65)22-26-63(27-23-59(66)70-35-43-78-74-39-15-11-19-55-47-51(55)7-2)32-30-62(5)31-33-64(28-24-60(67)71-36-44-79-75-40-16-12-20-56-48-52(56)8-3)29-25-61(68)72-37-45-80-76-41-17-13-21-57-49-53(57)9-4/h50-57H,6-49H2,1-5H3. The summed E-state index contributed by atoms with van der Waals surface area (Å²) in [5.41, 5.74) is 0. The predicted molar refractivity (Wildman–Crippen MR) is 355 cm³/mol. The SMILES string of the molecule is CCC1CC1CCCCSSCCOC(=O)CCN(CCC(=O)OCCSSCCCCC1CC1CC)CCN(C)CCN(CCC(=O)OCCSSCCCCC1CC1CC)CCC(=O)OCCSSCCCCC1CC1CC. The maximum Gasteiger partial charge on any atom is 0.307 e. The lowest BCUT2D eigenvalue weighted by atomic mass is 10.1. The molecule has 11 nitrogen and oxygen atoms in total. The van der Waals surface area contributed by atoms with Crippen LogP contribution in [0.1, 0.15) is 182 Å². The quantitative estimate of drug-likeness (QED) is 0.0249. The zero-order valence-corrected chi connectivity index (χ0v) is 57.1. The minimum Gasteiger partial charge on any atom is -0.465 e. The van der Waals surface area contributed by atoms with Gasteiger partial charge in [-0.15, -0.1) is 0 Å². The van der Waals surface area contributed by atoms with Gasteiger partial charge in [0.15, 0.2) is 0 Å². The number of likely N-dealkylation sites (N-methyl/N-ethyl adjacent to an activating group) is 1. The fourth-order valence-corrected chi connectivity index (χ4v) is 18.7. The number of esters is 4. The van der Waals surface area contributed by atoms with E-state index in [1.54, 1.807) is 43.2 Å². The molecular weight excluding hydrogens is 1160 g/mol. The summed E-state index contributed by atoms with van der Waals surface area (Å²) in [4.78, 5) is 58.4. The van der Waals surface area contributed by atoms with Gasteiger partial charge in [0.25, 0.3) is 0 Å². The Balaban J connectivity index is 1.14. The number of ether oxygens (including phenoxy) is 4. The average Bonchev–Trinajstić information content (AvgIpc) is 4.28. The topological polar surface area (TPSA) is 115 Å². The Kier molecular flexibility index (Phi) is 43.5. The lowest BCUT2D eigenvalue weighted by molar-refractivity contribution is -0.145. The monoisotopic (exact) mass is 1270 g/mol. The zero-order valence-electron chi connectivity index (χ0n) is 50.6. The smallest absolute Gasteiger partial charge is 0.307 e. The molecule has 0 aliphatic heterocycles. The van der Waals surface area contributed by atoms with Gasteiger partial charge in [-0.1, -0.05) is 191 Å². The summed E-state index contributed by atoms with van der Waals surface area (Å²) < 4.78 is 22.6. The summed E-state index contributed by atoms with van der Waals surface area (Å²) in [6, 6.07) is 0. The second-order valence-corrected chi connectivity index (χ2v) is 33.9. The maximum atomic E-state index is 12.9. The molecule has 4 aliphatic rings. The molecule has 4 fully saturated rings. The van der Waals surface area contributed by atoms with Crippen LogP contribution in [0.25, 0.3) is 0 Å². The Morgan fingerprint density at radius 1 is 0.325 bits per heavy atom. The van der Waals surface area contributed by atoms with Gasteiger partial charge in [-0.05, 0) is 106 Å². The lowest BCUT2D eigenvalue weighted by Gasteiger charge is -2.27. The van der Waals surface area contributed by atoms with Crippen LogP contribution in [0.4, 0.5) is 0 Å². The van der Waals surface area contributed by atoms with E-state index in [1.807, 2.05) is 43.2 Å². The summed E-state index contributed by atoms with van der Waals surface area (Å²) in [6.07, 6.45) is 27.9. The Morgan fingerprint density at radius 2 is 0.562 bits per heavy atom. The molecule has 8 atom stereocenters. The first-order chi connectivity index (χ1) is 39.1. The molecule has 0 N–H and O–H groups in total. The Hall–Kier alpha value is 0.560. The normalized spacial score (nSPS) is 21.8. The molecule has 4 aliphatic carbocycles. The molecule has 0 saturated heterocycles. The van der Waals surface area contributed by atoms with Gasteiger partial charge in [0, 0.05) is 98.4 Å². The number of carbonyl (C=O) groups is 4. The van der Waals surface area contributed by atoms with Gasteiger partial charge in [0.2, 0.25) is 0 Å². The molecule has 80 heavy (non-hydrogen) atoms. The molecule has 0 aromatic rings. The van der Waals surface area contributed by atoms with Crippen LogP contribution in [0.2, 0.25) is 0 Å². The van der Waals surface area contributed by atoms with Crippen molar-refractivity contribution >= 4 is 110 Å². The first kappa shape index (κ1) is 73.0. The van der Waals surface area contributed by atoms with Gasteiger partial charge in [-0.25, -0.2) is 0 Å². The van der Waals surface area contributed by atoms with Crippen LogP contribution in [0.3, 0.4) is 0 Å². The summed E-state index contributed by atoms with van der Waals surface area (Å²) in [5.74, 6) is 14.7. The molecule has 4 rings (SSSR count). The van der Waals surface area contributed by atoms with E-state index in [0.717, 1.165) is 93.4 Å². The Bertz CT molecular complexity index is 1400. The van der Waals surface area contributed by atoms with E-state index in [-0.39, 0.29) is 49.6 Å². The summed E-state index contributed by atoms with van der Waals surface area (Å²) >= 11 is 0. The van der Waals surface area contributed by atoms with Crippen molar-refractivity contribution in [3.05, 3.63) is 0 Å². The van der Waals surface area contributed by atoms with Crippen LogP contribution in [0.15, 0.2) is 0 Å². The van der Waals surface area contributed by atoms with Crippen LogP contribution in [0, 0.1) is 47.3 Å². The molecular formula is C61H111N3O8S8. The van der Waals surface area contributed by atoms with Crippen molar-refractivity contribution in [2.24, 2.45) is 47.3 Å². The number of carbonyl (C=O) groups excluding carboxylic acids is 4. The minimum atomic E-state index is -0.208. The highest BCUT2D eigenvalue weighted by Crippen LogP contribution is 2.47. The van der Waals surface area contributed by atoms with E-state index in [0.29, 0.717) is 78.8 Å². The maximum absolute atomic E-state index is 12.9. The van der Waals surface area contributed by atoms with E-state index >= 15 is 0 Å². The molecule has 0 heterocycles. The van der Waals surface area contributed by atoms with Gasteiger partial charge in [0.1, 0.15) is 26.4 Å². The first-order valence-corrected chi connectivity index (χ1v) is 41.8. The predicted octanol–water partition coefficient (Wildman–Crippen LogP) is 15.6. The number of unbranched alkanes of at least 4 members (excludes halogenated alkanes) is 4. The van der Waals surface area contributed by atoms with Crippen LogP contribution in [-0.4, -0.2) is 170 Å². The molecule has 0 radical (unpaired) electrons. The highest BCUT2D eigenvalue weighted by molar-refractivity contribution is 8.77. The molecule has 19 heteroatoms. The van der Waals surface area contributed by atoms with Crippen molar-refractivity contribution < 1.29 is 38.1 Å². The molecule has 8 unspecified atom stereocenters. The fourth-order valence-electron chi connectivity index (χ4n) is 10.8. The van der Waals surface area contributed by atoms with Crippen LogP contribution in [0.5, 0.6) is 0 Å². The fraction of sp³-hybridized carbons (Fsp3) is 0.934. The molecule has 4 saturated carbocycles. The van der Waals surface area contributed by atoms with Crippen molar-refractivity contribution in [1.29, 1.82) is 0 Å². The van der Waals surface area contributed by atoms with Crippen molar-refractivity contribution in [3.63, 3.8) is 0 Å². The number of hydrogen-bond acceptors (Lipinski definition) is 19. The van der Waals surface area contributed by atoms with Crippen molar-refractivity contribution in [2.75, 3.05) is 132 Å². The largest absolute Gasteiger partial charge is 0.465 e. The molecule has 0 spiro atoms. The third-order valence-corrected chi connectivity index (χ3v) is 26.6. The second-order valence-electron chi connectivity index (χ2n) is 23.1. The number of hydrogen-bond donors (Lipinski definition) is 0. The number of nitrogens with zero attached hydrogens (tertiary/aromatic N) is 3. The van der Waals surface area contributed by atoms with Gasteiger partial charge in [0.05, 0.1) is 25.7 Å². The summed E-state index contributed by atoms with van der Waals surface area (Å²) in [7, 11) is 16.8. The summed E-state index contributed by atoms with van der Waals surface area (Å²) in [5, 5.41) is 0. The van der Waals surface area contributed by atoms with E-state index in [1.165, 1.54) is 128 Å². The van der Waals surface area contributed by atoms with Crippen molar-refractivity contribution in [1.82, 2.24) is 14.7 Å². The van der Waals surface area contributed by atoms with Gasteiger partial charge in [-0.3, -0.25) is 19.2 Å². The van der Waals surface area contributed by atoms with Crippen LogP contribution >= 0.6 is 86.4 Å². The number of rotatable bonds is 58. The Labute approximate surface area is 520 Å². The van der Waals surface area contributed by atoms with Crippen LogP contribution < -0.4 is 0 Å². The highest BCUT2D eigenvalue weighted by atomic mass is 33.1. The highest BCUT2D eigenvalue weighted by Gasteiger charge is 2.36. The summed E-state index contributed by atoms with van der Waals surface area (Å²) in [6.45, 7) is 15.6. The molecule has 0 amide bonds. The second kappa shape index (κ2) is 47.6. The minimum absolute atomic E-state index is 0.208. The third-order valence-electron chi connectivity index (χ3n) is 16.8. The van der Waals surface area contributed by atoms with E-state index in [9.17, 15) is 19.2 Å². The molecule has 0 aromatic heterocycles. The van der Waals surface area contributed by atoms with Crippen molar-refractivity contribution in [3.8, 4) is 0 Å². The Morgan fingerprint density at radius 3 is 0.787 bits per heavy atom. The van der Waals surface area contributed by atoms with Gasteiger partial charge >= 0.3 is 23.9 Å². The van der Waals surface area contributed by atoms with Crippen LogP contribution in [-0.2, 0) is 38.1 Å². The molecule has 466 valence electrons. The van der Waals surface area contributed by atoms with Gasteiger partial charge in [-0.2, -0.15) is 0 Å². The van der Waals surface area contributed by atoms with E-state index in [4.69, 9.17) is 18.9 Å². The van der Waals surface area contributed by atoms with E-state index < -0.39 is 0 Å². The average molecular weight is 1270 g/mol. The lowest BCUT2D eigenvalue weighted by Crippen LogP contribution is -2.40. The zero-order chi connectivity index (χ0) is 57.3. The molecule has 0 bridgehead atoms. The van der Waals surface area contributed by atoms with Crippen molar-refractivity contribution in [2.45, 2.75) is 182 Å². The third kappa shape index (κ3) is 38.7. The molecule has 0 aromatic carbocycles.